The van der Waals surface area contributed by atoms with E-state index in [9.17, 15) is 4.39 Å². The lowest BCUT2D eigenvalue weighted by molar-refractivity contribution is 0.611. The lowest BCUT2D eigenvalue weighted by atomic mass is 10.1. The Labute approximate surface area is 110 Å². The Balaban J connectivity index is 0.00000162. The first-order chi connectivity index (χ1) is 8.24. The van der Waals surface area contributed by atoms with Crippen molar-refractivity contribution < 1.29 is 4.39 Å². The highest BCUT2D eigenvalue weighted by atomic mass is 35.5. The van der Waals surface area contributed by atoms with E-state index in [1.165, 1.54) is 10.7 Å². The minimum Gasteiger partial charge on any atom is -0.326 e. The number of nitrogens with zero attached hydrogens (tertiary/aromatic N) is 3. The molecule has 0 spiro atoms. The number of hydrogen-bond acceptors (Lipinski definition) is 3. The Morgan fingerprint density at radius 2 is 2.17 bits per heavy atom. The van der Waals surface area contributed by atoms with Gasteiger partial charge in [-0.2, -0.15) is 10.4 Å². The summed E-state index contributed by atoms with van der Waals surface area (Å²) in [6.45, 7) is 0.364. The average molecular weight is 267 g/mol. The molecule has 2 N–H and O–H groups in total. The van der Waals surface area contributed by atoms with E-state index in [1.807, 2.05) is 6.07 Å². The fourth-order valence-electron chi connectivity index (χ4n) is 1.56. The van der Waals surface area contributed by atoms with Crippen LogP contribution in [-0.4, -0.2) is 9.78 Å². The van der Waals surface area contributed by atoms with Gasteiger partial charge in [0, 0.05) is 23.9 Å². The van der Waals surface area contributed by atoms with Gasteiger partial charge in [0.1, 0.15) is 12.4 Å². The largest absolute Gasteiger partial charge is 0.326 e. The van der Waals surface area contributed by atoms with Gasteiger partial charge < -0.3 is 5.73 Å². The Morgan fingerprint density at radius 1 is 1.39 bits per heavy atom. The number of hydrogen-bond donors (Lipinski definition) is 1. The first-order valence-electron chi connectivity index (χ1n) is 5.13. The van der Waals surface area contributed by atoms with Crippen molar-refractivity contribution in [2.24, 2.45) is 5.73 Å². The lowest BCUT2D eigenvalue weighted by Crippen LogP contribution is -1.99. The summed E-state index contributed by atoms with van der Waals surface area (Å²) in [5.74, 6) is -0.321. The molecule has 0 unspecified atom stereocenters. The van der Waals surface area contributed by atoms with Gasteiger partial charge in [-0.05, 0) is 11.6 Å². The zero-order valence-corrected chi connectivity index (χ0v) is 10.3. The molecule has 2 rings (SSSR count). The van der Waals surface area contributed by atoms with Crippen molar-refractivity contribution in [2.45, 2.75) is 13.1 Å². The summed E-state index contributed by atoms with van der Waals surface area (Å²) in [5, 5.41) is 12.5. The second-order valence-corrected chi connectivity index (χ2v) is 3.60. The van der Waals surface area contributed by atoms with E-state index < -0.39 is 0 Å². The van der Waals surface area contributed by atoms with E-state index in [4.69, 9.17) is 11.0 Å². The third-order valence-electron chi connectivity index (χ3n) is 2.47. The summed E-state index contributed by atoms with van der Waals surface area (Å²) < 4.78 is 15.0. The molecular weight excluding hydrogens is 255 g/mol. The first-order valence-corrected chi connectivity index (χ1v) is 5.13. The molecular formula is C12H12ClFN4. The number of halogens is 2. The fourth-order valence-corrected chi connectivity index (χ4v) is 1.56. The molecule has 0 aliphatic carbocycles. The molecule has 0 atom stereocenters. The third-order valence-corrected chi connectivity index (χ3v) is 2.47. The molecule has 94 valence electrons. The van der Waals surface area contributed by atoms with Crippen LogP contribution in [0.3, 0.4) is 0 Å². The van der Waals surface area contributed by atoms with Gasteiger partial charge in [-0.25, -0.2) is 4.39 Å². The standard InChI is InChI=1S/C12H11FN4.ClH/c13-12-5-9(1-2-10(12)6-15)11-7-16-17(8-11)4-3-14;/h1-2,5,7-8H,4,6,15H2;1H. The molecule has 1 aromatic heterocycles. The molecule has 1 aromatic carbocycles. The quantitative estimate of drug-likeness (QED) is 0.925. The predicted molar refractivity (Wildman–Crippen MR) is 68.4 cm³/mol. The smallest absolute Gasteiger partial charge is 0.128 e. The molecule has 6 heteroatoms. The zero-order chi connectivity index (χ0) is 12.3. The van der Waals surface area contributed by atoms with Crippen molar-refractivity contribution in [3.8, 4) is 17.2 Å². The summed E-state index contributed by atoms with van der Waals surface area (Å²) in [6, 6.07) is 6.86. The van der Waals surface area contributed by atoms with Gasteiger partial charge >= 0.3 is 0 Å². The maximum atomic E-state index is 13.5. The van der Waals surface area contributed by atoms with Gasteiger partial charge in [-0.15, -0.1) is 12.4 Å². The molecule has 0 fully saturated rings. The highest BCUT2D eigenvalue weighted by Crippen LogP contribution is 2.21. The molecule has 4 nitrogen and oxygen atoms in total. The molecule has 18 heavy (non-hydrogen) atoms. The average Bonchev–Trinajstić information content (AvgIpc) is 2.78. The van der Waals surface area contributed by atoms with E-state index >= 15 is 0 Å². The van der Waals surface area contributed by atoms with Crippen LogP contribution >= 0.6 is 12.4 Å². The van der Waals surface area contributed by atoms with E-state index in [1.54, 1.807) is 24.5 Å². The summed E-state index contributed by atoms with van der Waals surface area (Å²) in [5.41, 5.74) is 7.38. The van der Waals surface area contributed by atoms with Crippen LogP contribution in [0.25, 0.3) is 11.1 Å². The summed E-state index contributed by atoms with van der Waals surface area (Å²) >= 11 is 0. The molecule has 0 aliphatic heterocycles. The van der Waals surface area contributed by atoms with E-state index in [0.29, 0.717) is 5.56 Å². The Morgan fingerprint density at radius 3 is 2.78 bits per heavy atom. The Bertz CT molecular complexity index is 574. The topological polar surface area (TPSA) is 67.6 Å². The van der Waals surface area contributed by atoms with Gasteiger partial charge in [-0.3, -0.25) is 4.68 Å². The maximum absolute atomic E-state index is 13.5. The van der Waals surface area contributed by atoms with Gasteiger partial charge in [0.25, 0.3) is 0 Å². The molecule has 1 heterocycles. The minimum absolute atomic E-state index is 0. The Hall–Kier alpha value is -1.90. The van der Waals surface area contributed by atoms with Crippen LogP contribution in [0.2, 0.25) is 0 Å². The molecule has 2 aromatic rings. The normalized spacial score (nSPS) is 9.61. The van der Waals surface area contributed by atoms with Crippen LogP contribution in [0.1, 0.15) is 5.56 Å². The van der Waals surface area contributed by atoms with Crippen LogP contribution in [0.4, 0.5) is 4.39 Å². The van der Waals surface area contributed by atoms with Crippen LogP contribution in [0.5, 0.6) is 0 Å². The van der Waals surface area contributed by atoms with Gasteiger partial charge in [0.2, 0.25) is 0 Å². The second-order valence-electron chi connectivity index (χ2n) is 3.60. The SMILES string of the molecule is Cl.N#CCn1cc(-c2ccc(CN)c(F)c2)cn1. The number of aromatic nitrogens is 2. The molecule has 0 bridgehead atoms. The van der Waals surface area contributed by atoms with Crippen LogP contribution < -0.4 is 5.73 Å². The van der Waals surface area contributed by atoms with Crippen LogP contribution in [0, 0.1) is 17.1 Å². The summed E-state index contributed by atoms with van der Waals surface area (Å²) in [7, 11) is 0. The van der Waals surface area contributed by atoms with Crippen molar-refractivity contribution in [1.82, 2.24) is 9.78 Å². The van der Waals surface area contributed by atoms with E-state index in [-0.39, 0.29) is 31.3 Å². The third kappa shape index (κ3) is 2.86. The second kappa shape index (κ2) is 6.15. The minimum atomic E-state index is -0.321. The molecule has 0 amide bonds. The number of nitriles is 1. The molecule has 0 aliphatic rings. The van der Waals surface area contributed by atoms with Crippen molar-refractivity contribution >= 4 is 12.4 Å². The molecule has 0 saturated heterocycles. The van der Waals surface area contributed by atoms with Crippen LogP contribution in [0.15, 0.2) is 30.6 Å². The highest BCUT2D eigenvalue weighted by molar-refractivity contribution is 5.85. The zero-order valence-electron chi connectivity index (χ0n) is 9.51. The maximum Gasteiger partial charge on any atom is 0.128 e. The van der Waals surface area contributed by atoms with Gasteiger partial charge in [0.05, 0.1) is 12.3 Å². The van der Waals surface area contributed by atoms with Gasteiger partial charge in [-0.1, -0.05) is 12.1 Å². The van der Waals surface area contributed by atoms with E-state index in [0.717, 1.165) is 11.1 Å². The van der Waals surface area contributed by atoms with Crippen molar-refractivity contribution in [3.63, 3.8) is 0 Å². The number of rotatable bonds is 3. The first kappa shape index (κ1) is 14.2. The highest BCUT2D eigenvalue weighted by Gasteiger charge is 2.05. The molecule has 0 radical (unpaired) electrons. The van der Waals surface area contributed by atoms with Gasteiger partial charge in [0.15, 0.2) is 0 Å². The van der Waals surface area contributed by atoms with Crippen molar-refractivity contribution in [3.05, 3.63) is 42.0 Å². The fraction of sp³-hybridized carbons (Fsp3) is 0.167. The number of nitrogens with two attached hydrogens (primary N) is 1. The van der Waals surface area contributed by atoms with Crippen molar-refractivity contribution in [1.29, 1.82) is 5.26 Å². The predicted octanol–water partition coefficient (Wildman–Crippen LogP) is 2.09. The molecule has 0 saturated carbocycles. The summed E-state index contributed by atoms with van der Waals surface area (Å²) in [6.07, 6.45) is 3.31. The summed E-state index contributed by atoms with van der Waals surface area (Å²) in [4.78, 5) is 0. The monoisotopic (exact) mass is 266 g/mol. The van der Waals surface area contributed by atoms with Crippen LogP contribution in [-0.2, 0) is 13.1 Å². The van der Waals surface area contributed by atoms with Crippen molar-refractivity contribution in [2.75, 3.05) is 0 Å². The number of benzene rings is 1. The van der Waals surface area contributed by atoms with E-state index in [2.05, 4.69) is 5.10 Å². The Kier molecular flexibility index (Phi) is 4.84. The lowest BCUT2D eigenvalue weighted by Gasteiger charge is -2.02.